The van der Waals surface area contributed by atoms with Crippen LogP contribution < -0.4 is 19.5 Å². The Hall–Kier alpha value is -3.21. The number of anilines is 1. The van der Waals surface area contributed by atoms with E-state index in [1.165, 1.54) is 13.0 Å². The van der Waals surface area contributed by atoms with Crippen LogP contribution in [-0.2, 0) is 4.79 Å². The number of methoxy groups -OCH3 is 3. The van der Waals surface area contributed by atoms with Gasteiger partial charge in [-0.25, -0.2) is 0 Å². The zero-order chi connectivity index (χ0) is 18.9. The van der Waals surface area contributed by atoms with Gasteiger partial charge in [-0.15, -0.1) is 0 Å². The van der Waals surface area contributed by atoms with E-state index in [0.29, 0.717) is 17.2 Å². The Morgan fingerprint density at radius 2 is 1.58 bits per heavy atom. The molecule has 26 heavy (non-hydrogen) atoms. The maximum Gasteiger partial charge on any atom is 0.203 e. The second kappa shape index (κ2) is 9.32. The number of ether oxygens (including phenoxy) is 3. The van der Waals surface area contributed by atoms with Gasteiger partial charge in [-0.05, 0) is 48.4 Å². The summed E-state index contributed by atoms with van der Waals surface area (Å²) >= 11 is 0. The molecule has 0 heterocycles. The Morgan fingerprint density at radius 3 is 2.15 bits per heavy atom. The van der Waals surface area contributed by atoms with Crippen LogP contribution in [0.2, 0.25) is 0 Å². The first-order chi connectivity index (χ1) is 12.6. The first kappa shape index (κ1) is 19.1. The standard InChI is InChI=1S/C21H23NO4/c1-15(23)10-11-22-18-7-5-6-16(12-18)8-9-17-13-19(24-2)21(26-4)20(14-17)25-3/h5-14,22H,1-4H3/b9-8-,11-10-. The van der Waals surface area contributed by atoms with E-state index in [2.05, 4.69) is 5.32 Å². The van der Waals surface area contributed by atoms with Gasteiger partial charge in [0.2, 0.25) is 5.75 Å². The zero-order valence-corrected chi connectivity index (χ0v) is 15.4. The number of hydrogen-bond donors (Lipinski definition) is 1. The third-order valence-corrected chi connectivity index (χ3v) is 3.61. The second-order valence-electron chi connectivity index (χ2n) is 5.51. The van der Waals surface area contributed by atoms with Gasteiger partial charge in [0, 0.05) is 11.9 Å². The summed E-state index contributed by atoms with van der Waals surface area (Å²) in [7, 11) is 4.76. The molecule has 0 radical (unpaired) electrons. The average molecular weight is 353 g/mol. The third-order valence-electron chi connectivity index (χ3n) is 3.61. The number of benzene rings is 2. The van der Waals surface area contributed by atoms with Crippen LogP contribution in [0.25, 0.3) is 12.2 Å². The van der Waals surface area contributed by atoms with Crippen LogP contribution in [0.3, 0.4) is 0 Å². The molecule has 0 unspecified atom stereocenters. The number of carbonyl (C=O) groups is 1. The minimum absolute atomic E-state index is 0.00375. The van der Waals surface area contributed by atoms with Gasteiger partial charge in [-0.2, -0.15) is 0 Å². The Bertz CT molecular complexity index is 800. The van der Waals surface area contributed by atoms with Crippen molar-refractivity contribution in [1.29, 1.82) is 0 Å². The van der Waals surface area contributed by atoms with E-state index in [4.69, 9.17) is 14.2 Å². The van der Waals surface area contributed by atoms with Crippen molar-refractivity contribution >= 4 is 23.6 Å². The topological polar surface area (TPSA) is 56.8 Å². The van der Waals surface area contributed by atoms with Crippen molar-refractivity contribution in [2.24, 2.45) is 0 Å². The van der Waals surface area contributed by atoms with Crippen molar-refractivity contribution in [3.8, 4) is 17.2 Å². The summed E-state index contributed by atoms with van der Waals surface area (Å²) in [6, 6.07) is 11.6. The summed E-state index contributed by atoms with van der Waals surface area (Å²) in [6.45, 7) is 1.51. The van der Waals surface area contributed by atoms with Crippen molar-refractivity contribution in [2.75, 3.05) is 26.6 Å². The van der Waals surface area contributed by atoms with E-state index >= 15 is 0 Å². The van der Waals surface area contributed by atoms with Gasteiger partial charge in [0.25, 0.3) is 0 Å². The summed E-state index contributed by atoms with van der Waals surface area (Å²) < 4.78 is 16.1. The summed E-state index contributed by atoms with van der Waals surface area (Å²) in [5, 5.41) is 3.07. The maximum absolute atomic E-state index is 10.9. The van der Waals surface area contributed by atoms with E-state index in [9.17, 15) is 4.79 Å². The molecule has 2 aromatic carbocycles. The highest BCUT2D eigenvalue weighted by Gasteiger charge is 2.11. The van der Waals surface area contributed by atoms with E-state index in [1.807, 2.05) is 48.6 Å². The van der Waals surface area contributed by atoms with Gasteiger partial charge in [-0.3, -0.25) is 4.79 Å². The largest absolute Gasteiger partial charge is 0.493 e. The smallest absolute Gasteiger partial charge is 0.203 e. The molecule has 5 nitrogen and oxygen atoms in total. The summed E-state index contributed by atoms with van der Waals surface area (Å²) in [5.74, 6) is 1.78. The van der Waals surface area contributed by atoms with Crippen molar-refractivity contribution in [1.82, 2.24) is 0 Å². The van der Waals surface area contributed by atoms with E-state index < -0.39 is 0 Å². The first-order valence-electron chi connectivity index (χ1n) is 8.09. The number of carbonyl (C=O) groups excluding carboxylic acids is 1. The highest BCUT2D eigenvalue weighted by atomic mass is 16.5. The fourth-order valence-electron chi connectivity index (χ4n) is 2.38. The van der Waals surface area contributed by atoms with Gasteiger partial charge in [0.1, 0.15) is 0 Å². The van der Waals surface area contributed by atoms with Gasteiger partial charge < -0.3 is 19.5 Å². The van der Waals surface area contributed by atoms with Gasteiger partial charge in [-0.1, -0.05) is 24.3 Å². The molecule has 0 saturated heterocycles. The molecule has 0 aromatic heterocycles. The Kier molecular flexibility index (Phi) is 6.85. The number of nitrogens with one attached hydrogen (secondary N) is 1. The van der Waals surface area contributed by atoms with Crippen LogP contribution in [0.1, 0.15) is 18.1 Å². The molecule has 0 saturated carbocycles. The lowest BCUT2D eigenvalue weighted by atomic mass is 10.1. The maximum atomic E-state index is 10.9. The first-order valence-corrected chi connectivity index (χ1v) is 8.09. The van der Waals surface area contributed by atoms with E-state index in [1.54, 1.807) is 27.5 Å². The monoisotopic (exact) mass is 353 g/mol. The number of hydrogen-bond acceptors (Lipinski definition) is 5. The molecule has 0 amide bonds. The molecule has 5 heteroatoms. The summed E-state index contributed by atoms with van der Waals surface area (Å²) in [5.41, 5.74) is 2.84. The van der Waals surface area contributed by atoms with Gasteiger partial charge >= 0.3 is 0 Å². The normalized spacial score (nSPS) is 10.9. The van der Waals surface area contributed by atoms with Crippen molar-refractivity contribution in [3.05, 3.63) is 59.8 Å². The lowest BCUT2D eigenvalue weighted by molar-refractivity contribution is -0.112. The molecule has 0 fully saturated rings. The van der Waals surface area contributed by atoms with E-state index in [-0.39, 0.29) is 5.78 Å². The average Bonchev–Trinajstić information content (AvgIpc) is 2.65. The number of allylic oxidation sites excluding steroid dienone is 1. The van der Waals surface area contributed by atoms with Crippen molar-refractivity contribution in [3.63, 3.8) is 0 Å². The molecular weight excluding hydrogens is 330 g/mol. The number of rotatable bonds is 8. The van der Waals surface area contributed by atoms with Crippen LogP contribution in [-0.4, -0.2) is 27.1 Å². The Balaban J connectivity index is 2.23. The molecule has 0 aliphatic heterocycles. The lowest BCUT2D eigenvalue weighted by Gasteiger charge is -2.12. The molecule has 136 valence electrons. The molecule has 2 rings (SSSR count). The van der Waals surface area contributed by atoms with Gasteiger partial charge in [0.05, 0.1) is 21.3 Å². The minimum atomic E-state index is -0.00375. The molecule has 0 spiro atoms. The van der Waals surface area contributed by atoms with E-state index in [0.717, 1.165) is 16.8 Å². The van der Waals surface area contributed by atoms with Crippen LogP contribution in [0.5, 0.6) is 17.2 Å². The second-order valence-corrected chi connectivity index (χ2v) is 5.51. The molecular formula is C21H23NO4. The molecule has 0 bridgehead atoms. The van der Waals surface area contributed by atoms with Crippen molar-refractivity contribution < 1.29 is 19.0 Å². The zero-order valence-electron chi connectivity index (χ0n) is 15.4. The minimum Gasteiger partial charge on any atom is -0.493 e. The molecule has 0 aliphatic carbocycles. The fourth-order valence-corrected chi connectivity index (χ4v) is 2.38. The van der Waals surface area contributed by atoms with Crippen LogP contribution in [0, 0.1) is 0 Å². The van der Waals surface area contributed by atoms with Crippen molar-refractivity contribution in [2.45, 2.75) is 6.92 Å². The molecule has 0 aliphatic rings. The highest BCUT2D eigenvalue weighted by Crippen LogP contribution is 2.38. The predicted molar refractivity (Wildman–Crippen MR) is 105 cm³/mol. The number of ketones is 1. The molecule has 0 atom stereocenters. The van der Waals surface area contributed by atoms with Crippen LogP contribution >= 0.6 is 0 Å². The summed E-state index contributed by atoms with van der Waals surface area (Å²) in [4.78, 5) is 10.9. The molecule has 1 N–H and O–H groups in total. The summed E-state index contributed by atoms with van der Waals surface area (Å²) in [6.07, 6.45) is 7.07. The van der Waals surface area contributed by atoms with Crippen LogP contribution in [0.4, 0.5) is 5.69 Å². The lowest BCUT2D eigenvalue weighted by Crippen LogP contribution is -1.95. The molecule has 2 aromatic rings. The predicted octanol–water partition coefficient (Wildman–Crippen LogP) is 4.40. The quantitative estimate of drug-likeness (QED) is 0.563. The van der Waals surface area contributed by atoms with Crippen LogP contribution in [0.15, 0.2) is 48.7 Å². The SMILES string of the molecule is COc1cc(/C=C\c2cccc(N/C=C\C(C)=O)c2)cc(OC)c1OC. The fraction of sp³-hybridized carbons (Fsp3) is 0.190. The third kappa shape index (κ3) is 5.14. The Morgan fingerprint density at radius 1 is 0.923 bits per heavy atom. The highest BCUT2D eigenvalue weighted by molar-refractivity contribution is 5.87. The van der Waals surface area contributed by atoms with Gasteiger partial charge in [0.15, 0.2) is 17.3 Å². The Labute approximate surface area is 153 Å².